The van der Waals surface area contributed by atoms with Gasteiger partial charge in [-0.3, -0.25) is 14.5 Å². The molecule has 0 aromatic heterocycles. The largest absolute Gasteiger partial charge is 0.334 e. The Morgan fingerprint density at radius 3 is 2.23 bits per heavy atom. The van der Waals surface area contributed by atoms with Crippen LogP contribution in [-0.4, -0.2) is 90.6 Å². The van der Waals surface area contributed by atoms with Crippen LogP contribution in [0.2, 0.25) is 10.0 Å². The minimum Gasteiger partial charge on any atom is -0.334 e. The van der Waals surface area contributed by atoms with E-state index in [2.05, 4.69) is 4.90 Å². The summed E-state index contributed by atoms with van der Waals surface area (Å²) in [5.41, 5.74) is 3.52. The maximum atomic E-state index is 13.8. The Morgan fingerprint density at radius 1 is 0.841 bits per heavy atom. The first-order valence-corrected chi connectivity index (χ1v) is 17.1. The summed E-state index contributed by atoms with van der Waals surface area (Å²) in [5.74, 6) is -0.0619. The molecule has 3 saturated heterocycles. The van der Waals surface area contributed by atoms with Crippen LogP contribution in [0.25, 0.3) is 0 Å². The van der Waals surface area contributed by atoms with Gasteiger partial charge in [-0.15, -0.1) is 0 Å². The Hall–Kier alpha value is -2.95. The number of carbonyl (C=O) groups excluding carboxylic acids is 2. The molecule has 3 fully saturated rings. The minimum absolute atomic E-state index is 0.00360. The van der Waals surface area contributed by atoms with E-state index in [1.807, 2.05) is 54.0 Å². The van der Waals surface area contributed by atoms with Crippen molar-refractivity contribution in [2.75, 3.05) is 39.3 Å². The van der Waals surface area contributed by atoms with Crippen LogP contribution in [-0.2, 0) is 14.8 Å². The predicted octanol–water partition coefficient (Wildman–Crippen LogP) is 5.17. The fraction of sp³-hybridized carbons (Fsp3) is 0.394. The van der Waals surface area contributed by atoms with Gasteiger partial charge >= 0.3 is 0 Å². The fourth-order valence-electron chi connectivity index (χ4n) is 6.94. The van der Waals surface area contributed by atoms with Gasteiger partial charge in [-0.2, -0.15) is 4.31 Å². The third kappa shape index (κ3) is 6.13. The van der Waals surface area contributed by atoms with Crippen LogP contribution in [0, 0.1) is 13.8 Å². The molecule has 6 rings (SSSR count). The molecular weight excluding hydrogens is 619 g/mol. The number of rotatable bonds is 7. The van der Waals surface area contributed by atoms with Gasteiger partial charge in [0.2, 0.25) is 15.9 Å². The van der Waals surface area contributed by atoms with Gasteiger partial charge in [-0.1, -0.05) is 64.7 Å². The summed E-state index contributed by atoms with van der Waals surface area (Å²) in [5, 5.41) is 0.831. The van der Waals surface area contributed by atoms with Crippen molar-refractivity contribution >= 4 is 45.0 Å². The van der Waals surface area contributed by atoms with Gasteiger partial charge in [-0.25, -0.2) is 8.42 Å². The van der Waals surface area contributed by atoms with Crippen LogP contribution in [0.1, 0.15) is 45.9 Å². The minimum atomic E-state index is -3.54. The first-order valence-electron chi connectivity index (χ1n) is 14.9. The van der Waals surface area contributed by atoms with Gasteiger partial charge < -0.3 is 9.80 Å². The van der Waals surface area contributed by atoms with Crippen molar-refractivity contribution in [2.24, 2.45) is 0 Å². The fourth-order valence-corrected chi connectivity index (χ4v) is 8.94. The van der Waals surface area contributed by atoms with Crippen molar-refractivity contribution in [3.8, 4) is 0 Å². The lowest BCUT2D eigenvalue weighted by atomic mass is 10.00. The number of likely N-dealkylation sites (tertiary alicyclic amines) is 1. The lowest BCUT2D eigenvalue weighted by molar-refractivity contribution is -0.136. The van der Waals surface area contributed by atoms with Crippen LogP contribution in [0.5, 0.6) is 0 Å². The van der Waals surface area contributed by atoms with Crippen LogP contribution in [0.4, 0.5) is 0 Å². The number of carbonyl (C=O) groups is 2. The van der Waals surface area contributed by atoms with Gasteiger partial charge in [0.05, 0.1) is 21.0 Å². The van der Waals surface area contributed by atoms with E-state index in [1.54, 1.807) is 40.7 Å². The average molecular weight is 656 g/mol. The van der Waals surface area contributed by atoms with E-state index in [9.17, 15) is 18.0 Å². The molecular formula is C33H36Cl2N4O4S. The summed E-state index contributed by atoms with van der Waals surface area (Å²) in [6.45, 7) is 6.71. The lowest BCUT2D eigenvalue weighted by Gasteiger charge is -2.42. The monoisotopic (exact) mass is 654 g/mol. The number of nitrogens with zero attached hydrogens (tertiary/aromatic N) is 4. The second-order valence-electron chi connectivity index (χ2n) is 12.1. The molecule has 3 aliphatic heterocycles. The van der Waals surface area contributed by atoms with Gasteiger partial charge in [0.1, 0.15) is 0 Å². The summed E-state index contributed by atoms with van der Waals surface area (Å²) >= 11 is 12.6. The molecule has 3 aromatic rings. The van der Waals surface area contributed by atoms with Crippen molar-refractivity contribution < 1.29 is 18.0 Å². The SMILES string of the molecule is Cc1cc(C)cc(C(=O)N2CCN(C(=O)CCN3CC4CC3CN4S(=O)(=O)c3ccccc3)C(c3ccc(Cl)c(Cl)c3)C2)c1. The molecule has 11 heteroatoms. The summed E-state index contributed by atoms with van der Waals surface area (Å²) < 4.78 is 28.1. The zero-order valence-corrected chi connectivity index (χ0v) is 27.2. The summed E-state index contributed by atoms with van der Waals surface area (Å²) in [6.07, 6.45) is 1.07. The maximum Gasteiger partial charge on any atom is 0.254 e. The van der Waals surface area contributed by atoms with Gasteiger partial charge in [0, 0.05) is 63.3 Å². The predicted molar refractivity (Wildman–Crippen MR) is 171 cm³/mol. The quantitative estimate of drug-likeness (QED) is 0.351. The molecule has 3 aliphatic rings. The van der Waals surface area contributed by atoms with Crippen molar-refractivity contribution in [3.63, 3.8) is 0 Å². The van der Waals surface area contributed by atoms with Crippen LogP contribution in [0.3, 0.4) is 0 Å². The third-order valence-electron chi connectivity index (χ3n) is 9.05. The Bertz CT molecular complexity index is 1670. The first kappa shape index (κ1) is 31.0. The van der Waals surface area contributed by atoms with Crippen molar-refractivity contribution in [1.82, 2.24) is 19.0 Å². The highest BCUT2D eigenvalue weighted by atomic mass is 35.5. The standard InChI is InChI=1S/C33H36Cl2N4O4S/c1-22-14-23(2)16-25(15-22)33(41)37-12-13-38(31(21-37)24-8-9-29(34)30(35)17-24)32(40)10-11-36-19-27-18-26(36)20-39(27)44(42,43)28-6-4-3-5-7-28/h3-9,14-17,26-27,31H,10-13,18-21H2,1-2H3. The molecule has 44 heavy (non-hydrogen) atoms. The average Bonchev–Trinajstić information content (AvgIpc) is 3.62. The van der Waals surface area contributed by atoms with E-state index in [4.69, 9.17) is 23.2 Å². The molecule has 0 radical (unpaired) electrons. The van der Waals surface area contributed by atoms with Crippen LogP contribution in [0.15, 0.2) is 71.6 Å². The molecule has 8 nitrogen and oxygen atoms in total. The highest BCUT2D eigenvalue weighted by molar-refractivity contribution is 7.89. The molecule has 0 spiro atoms. The van der Waals surface area contributed by atoms with Crippen LogP contribution >= 0.6 is 23.2 Å². The van der Waals surface area contributed by atoms with E-state index in [1.165, 1.54) is 0 Å². The number of hydrogen-bond donors (Lipinski definition) is 0. The molecule has 3 heterocycles. The highest BCUT2D eigenvalue weighted by Crippen LogP contribution is 2.36. The van der Waals surface area contributed by atoms with Gasteiger partial charge in [0.25, 0.3) is 5.91 Å². The Kier molecular flexibility index (Phi) is 8.78. The number of halogens is 2. The number of hydrogen-bond acceptors (Lipinski definition) is 5. The summed E-state index contributed by atoms with van der Waals surface area (Å²) in [6, 6.07) is 19.4. The maximum absolute atomic E-state index is 13.8. The Labute approximate surface area is 269 Å². The summed E-state index contributed by atoms with van der Waals surface area (Å²) in [7, 11) is -3.54. The second-order valence-corrected chi connectivity index (χ2v) is 14.8. The van der Waals surface area contributed by atoms with E-state index in [-0.39, 0.29) is 29.9 Å². The van der Waals surface area contributed by atoms with Gasteiger partial charge in [-0.05, 0) is 62.2 Å². The highest BCUT2D eigenvalue weighted by Gasteiger charge is 2.48. The first-order chi connectivity index (χ1) is 21.0. The van der Waals surface area contributed by atoms with Gasteiger partial charge in [0.15, 0.2) is 0 Å². The topological polar surface area (TPSA) is 81.2 Å². The molecule has 0 saturated carbocycles. The number of amides is 2. The number of sulfonamides is 1. The van der Waals surface area contributed by atoms with Crippen molar-refractivity contribution in [2.45, 2.75) is 49.7 Å². The number of benzene rings is 3. The molecule has 232 valence electrons. The number of piperazine rings is 2. The third-order valence-corrected chi connectivity index (χ3v) is 11.7. The van der Waals surface area contributed by atoms with Crippen molar-refractivity contribution in [1.29, 1.82) is 0 Å². The van der Waals surface area contributed by atoms with E-state index in [0.29, 0.717) is 66.2 Å². The Balaban J connectivity index is 1.14. The molecule has 3 aromatic carbocycles. The lowest BCUT2D eigenvalue weighted by Crippen LogP contribution is -2.53. The zero-order chi connectivity index (χ0) is 31.2. The van der Waals surface area contributed by atoms with E-state index < -0.39 is 10.0 Å². The smallest absolute Gasteiger partial charge is 0.254 e. The van der Waals surface area contributed by atoms with Crippen molar-refractivity contribution in [3.05, 3.63) is 99.0 Å². The van der Waals surface area contributed by atoms with Crippen LogP contribution < -0.4 is 0 Å². The normalized spacial score (nSPS) is 22.5. The molecule has 0 N–H and O–H groups in total. The molecule has 3 atom stereocenters. The zero-order valence-electron chi connectivity index (χ0n) is 24.8. The second kappa shape index (κ2) is 12.4. The molecule has 0 aliphatic carbocycles. The summed E-state index contributed by atoms with van der Waals surface area (Å²) in [4.78, 5) is 33.6. The molecule has 2 bridgehead atoms. The number of aryl methyl sites for hydroxylation is 2. The molecule has 2 amide bonds. The number of fused-ring (bicyclic) bond motifs is 2. The Morgan fingerprint density at radius 2 is 1.57 bits per heavy atom. The van der Waals surface area contributed by atoms with E-state index >= 15 is 0 Å². The molecule has 3 unspecified atom stereocenters. The van der Waals surface area contributed by atoms with E-state index in [0.717, 1.165) is 23.1 Å².